The first-order valence-electron chi connectivity index (χ1n) is 20.9. The van der Waals surface area contributed by atoms with Crippen LogP contribution in [0.25, 0.3) is 67.5 Å². The van der Waals surface area contributed by atoms with E-state index < -0.39 is 5.41 Å². The van der Waals surface area contributed by atoms with E-state index in [1.165, 1.54) is 11.1 Å². The molecule has 0 amide bonds. The van der Waals surface area contributed by atoms with Gasteiger partial charge in [0.15, 0.2) is 17.5 Å². The second-order valence-corrected chi connectivity index (χ2v) is 15.5. The van der Waals surface area contributed by atoms with Crippen LogP contribution < -0.4 is 4.74 Å². The minimum absolute atomic E-state index is 0.598. The number of hydrogen-bond acceptors (Lipinski definition) is 4. The monoisotopic (exact) mass is 793 g/mol. The number of hydrogen-bond donors (Lipinski definition) is 0. The zero-order chi connectivity index (χ0) is 41.3. The average Bonchev–Trinajstić information content (AvgIpc) is 3.36. The molecule has 2 heterocycles. The summed E-state index contributed by atoms with van der Waals surface area (Å²) in [5, 5.41) is 0. The van der Waals surface area contributed by atoms with Gasteiger partial charge >= 0.3 is 0 Å². The molecule has 1 aliphatic heterocycles. The summed E-state index contributed by atoms with van der Waals surface area (Å²) in [4.78, 5) is 15.2. The van der Waals surface area contributed by atoms with Crippen molar-refractivity contribution in [1.82, 2.24) is 15.0 Å². The number of ether oxygens (including phenoxy) is 1. The van der Waals surface area contributed by atoms with Crippen LogP contribution in [-0.2, 0) is 5.41 Å². The van der Waals surface area contributed by atoms with Gasteiger partial charge in [0.2, 0.25) is 0 Å². The van der Waals surface area contributed by atoms with Crippen molar-refractivity contribution in [3.8, 4) is 79.0 Å². The van der Waals surface area contributed by atoms with E-state index in [2.05, 4.69) is 200 Å². The number of benzene rings is 9. The highest BCUT2D eigenvalue weighted by Crippen LogP contribution is 2.57. The summed E-state index contributed by atoms with van der Waals surface area (Å²) >= 11 is 0. The van der Waals surface area contributed by atoms with Gasteiger partial charge in [-0.25, -0.2) is 15.0 Å². The van der Waals surface area contributed by atoms with Crippen LogP contribution in [0.1, 0.15) is 22.3 Å². The number of nitrogens with zero attached hydrogens (tertiary/aromatic N) is 3. The Kier molecular flexibility index (Phi) is 9.36. The fourth-order valence-electron chi connectivity index (χ4n) is 8.98. The molecule has 11 rings (SSSR count). The SMILES string of the molecule is c1ccc(-c2cccc(-c3nc(-c4ccccc4)nc(-c4cccc(-c5cccc(-c6cccc7c6Oc6ccccc6C7(c6ccccc6)c6ccccc6)c5)c4)n3)c2)cc1. The highest BCUT2D eigenvalue weighted by atomic mass is 16.5. The zero-order valence-electron chi connectivity index (χ0n) is 33.8. The fourth-order valence-corrected chi connectivity index (χ4v) is 8.98. The van der Waals surface area contributed by atoms with Gasteiger partial charge in [0.05, 0.1) is 5.41 Å². The third kappa shape index (κ3) is 6.55. The van der Waals surface area contributed by atoms with Crippen molar-refractivity contribution < 1.29 is 4.74 Å². The summed E-state index contributed by atoms with van der Waals surface area (Å²) < 4.78 is 6.99. The van der Waals surface area contributed by atoms with Crippen LogP contribution >= 0.6 is 0 Å². The highest BCUT2D eigenvalue weighted by molar-refractivity contribution is 5.83. The molecule has 0 saturated heterocycles. The van der Waals surface area contributed by atoms with E-state index in [0.29, 0.717) is 17.5 Å². The zero-order valence-corrected chi connectivity index (χ0v) is 33.8. The molecule has 0 fully saturated rings. The minimum Gasteiger partial charge on any atom is -0.456 e. The maximum Gasteiger partial charge on any atom is 0.164 e. The molecule has 4 heteroatoms. The van der Waals surface area contributed by atoms with Gasteiger partial charge < -0.3 is 4.74 Å². The molecule has 0 spiro atoms. The van der Waals surface area contributed by atoms with Crippen LogP contribution in [0, 0.1) is 0 Å². The molecule has 0 atom stereocenters. The maximum absolute atomic E-state index is 6.99. The van der Waals surface area contributed by atoms with Crippen LogP contribution in [0.5, 0.6) is 11.5 Å². The van der Waals surface area contributed by atoms with E-state index in [4.69, 9.17) is 19.7 Å². The summed E-state index contributed by atoms with van der Waals surface area (Å²) in [6.07, 6.45) is 0. The third-order valence-corrected chi connectivity index (χ3v) is 11.9. The minimum atomic E-state index is -0.598. The van der Waals surface area contributed by atoms with Crippen molar-refractivity contribution in [1.29, 1.82) is 0 Å². The Balaban J connectivity index is 1.02. The van der Waals surface area contributed by atoms with E-state index in [0.717, 1.165) is 72.7 Å². The predicted molar refractivity (Wildman–Crippen MR) is 251 cm³/mol. The lowest BCUT2D eigenvalue weighted by molar-refractivity contribution is 0.436. The van der Waals surface area contributed by atoms with Crippen LogP contribution in [-0.4, -0.2) is 15.0 Å². The predicted octanol–water partition coefficient (Wildman–Crippen LogP) is 14.4. The Morgan fingerprint density at radius 1 is 0.290 bits per heavy atom. The van der Waals surface area contributed by atoms with Crippen molar-refractivity contribution >= 4 is 0 Å². The Morgan fingerprint density at radius 3 is 1.26 bits per heavy atom. The van der Waals surface area contributed by atoms with E-state index >= 15 is 0 Å². The molecule has 4 nitrogen and oxygen atoms in total. The van der Waals surface area contributed by atoms with Gasteiger partial charge in [-0.1, -0.05) is 212 Å². The van der Waals surface area contributed by atoms with Crippen LogP contribution in [0.15, 0.2) is 237 Å². The lowest BCUT2D eigenvalue weighted by atomic mass is 9.63. The van der Waals surface area contributed by atoms with Gasteiger partial charge in [-0.3, -0.25) is 0 Å². The van der Waals surface area contributed by atoms with E-state index in [9.17, 15) is 0 Å². The normalized spacial score (nSPS) is 12.5. The largest absolute Gasteiger partial charge is 0.456 e. The molecule has 0 aliphatic carbocycles. The number of aromatic nitrogens is 3. The van der Waals surface area contributed by atoms with E-state index in [1.54, 1.807) is 0 Å². The molecular weight excluding hydrogens is 755 g/mol. The number of rotatable bonds is 8. The topological polar surface area (TPSA) is 47.9 Å². The van der Waals surface area contributed by atoms with Crippen LogP contribution in [0.4, 0.5) is 0 Å². The van der Waals surface area contributed by atoms with E-state index in [1.807, 2.05) is 36.4 Å². The molecule has 9 aromatic carbocycles. The van der Waals surface area contributed by atoms with E-state index in [-0.39, 0.29) is 0 Å². The van der Waals surface area contributed by atoms with Gasteiger partial charge in [-0.15, -0.1) is 0 Å². The molecule has 1 aromatic heterocycles. The first-order chi connectivity index (χ1) is 30.7. The molecule has 292 valence electrons. The lowest BCUT2D eigenvalue weighted by Gasteiger charge is -2.42. The second kappa shape index (κ2) is 15.8. The highest BCUT2D eigenvalue weighted by Gasteiger charge is 2.45. The summed E-state index contributed by atoms with van der Waals surface area (Å²) in [5.41, 5.74) is 13.2. The van der Waals surface area contributed by atoms with Crippen molar-refractivity contribution in [3.05, 3.63) is 259 Å². The van der Waals surface area contributed by atoms with Gasteiger partial charge in [-0.2, -0.15) is 0 Å². The molecule has 0 N–H and O–H groups in total. The third-order valence-electron chi connectivity index (χ3n) is 11.9. The Morgan fingerprint density at radius 2 is 0.677 bits per heavy atom. The molecule has 0 unspecified atom stereocenters. The molecule has 62 heavy (non-hydrogen) atoms. The van der Waals surface area contributed by atoms with Crippen LogP contribution in [0.2, 0.25) is 0 Å². The number of para-hydroxylation sites is 2. The number of fused-ring (bicyclic) bond motifs is 2. The van der Waals surface area contributed by atoms with Crippen molar-refractivity contribution in [2.75, 3.05) is 0 Å². The molecule has 1 aliphatic rings. The summed E-state index contributed by atoms with van der Waals surface area (Å²) in [7, 11) is 0. The molecule has 10 aromatic rings. The summed E-state index contributed by atoms with van der Waals surface area (Å²) in [6, 6.07) is 82.8. The first-order valence-corrected chi connectivity index (χ1v) is 20.9. The Labute approximate surface area is 361 Å². The van der Waals surface area contributed by atoms with Crippen molar-refractivity contribution in [3.63, 3.8) is 0 Å². The second-order valence-electron chi connectivity index (χ2n) is 15.5. The van der Waals surface area contributed by atoms with Gasteiger partial charge in [0, 0.05) is 33.4 Å². The van der Waals surface area contributed by atoms with Gasteiger partial charge in [0.1, 0.15) is 11.5 Å². The average molecular weight is 794 g/mol. The van der Waals surface area contributed by atoms with Gasteiger partial charge in [0.25, 0.3) is 0 Å². The maximum atomic E-state index is 6.99. The Hall–Kier alpha value is -8.21. The smallest absolute Gasteiger partial charge is 0.164 e. The standard InChI is InChI=1S/C58H39N3O/c1-5-19-40(20-6-1)42-23-16-27-46(38-42)56-59-55(41-21-7-2-8-22-41)60-57(61-56)47-28-17-25-44(39-47)43-24-15-26-45(37-43)50-33-18-35-52-54(50)62-53-36-14-13-34-51(53)58(52,48-29-9-3-10-30-48)49-31-11-4-12-32-49/h1-39H. The van der Waals surface area contributed by atoms with Crippen LogP contribution in [0.3, 0.4) is 0 Å². The van der Waals surface area contributed by atoms with Crippen molar-refractivity contribution in [2.45, 2.75) is 5.41 Å². The Bertz CT molecular complexity index is 3160. The van der Waals surface area contributed by atoms with Crippen molar-refractivity contribution in [2.24, 2.45) is 0 Å². The molecule has 0 bridgehead atoms. The summed E-state index contributed by atoms with van der Waals surface area (Å²) in [5.74, 6) is 3.56. The quantitative estimate of drug-likeness (QED) is 0.154. The lowest BCUT2D eigenvalue weighted by Crippen LogP contribution is -2.34. The molecule has 0 saturated carbocycles. The van der Waals surface area contributed by atoms with Gasteiger partial charge in [-0.05, 0) is 63.2 Å². The fraction of sp³-hybridized carbons (Fsp3) is 0.0172. The molecule has 0 radical (unpaired) electrons. The first kappa shape index (κ1) is 36.8. The summed E-state index contributed by atoms with van der Waals surface area (Å²) in [6.45, 7) is 0. The molecular formula is C58H39N3O.